The number of alkyl halides is 2. The number of halogens is 4. The minimum atomic E-state index is -2.99. The highest BCUT2D eigenvalue weighted by Gasteiger charge is 2.18. The zero-order valence-electron chi connectivity index (χ0n) is 5.57. The number of hydrogen-bond donors (Lipinski definition) is 1. The van der Waals surface area contributed by atoms with E-state index in [9.17, 15) is 18.0 Å². The number of rotatable bonds is 1. The Bertz CT molecular complexity index is 349. The highest BCUT2D eigenvalue weighted by molar-refractivity contribution is 9.10. The third-order valence-corrected chi connectivity index (χ3v) is 1.90. The molecule has 0 saturated heterocycles. The largest absolute Gasteiger partial charge is 0.353 e. The van der Waals surface area contributed by atoms with Gasteiger partial charge < -0.3 is 4.98 Å². The van der Waals surface area contributed by atoms with Crippen LogP contribution in [0.2, 0.25) is 0 Å². The third-order valence-electron chi connectivity index (χ3n) is 1.24. The molecule has 0 saturated carbocycles. The van der Waals surface area contributed by atoms with E-state index in [1.165, 1.54) is 0 Å². The molecule has 0 fully saturated rings. The summed E-state index contributed by atoms with van der Waals surface area (Å²) >= 11 is 2.68. The first-order valence-corrected chi connectivity index (χ1v) is 3.68. The van der Waals surface area contributed by atoms with Crippen LogP contribution in [0.1, 0.15) is 12.0 Å². The second kappa shape index (κ2) is 3.30. The normalized spacial score (nSPS) is 10.8. The predicted octanol–water partition coefficient (Wildman–Crippen LogP) is 2.21. The van der Waals surface area contributed by atoms with Gasteiger partial charge in [0.1, 0.15) is 0 Å². The van der Waals surface area contributed by atoms with Crippen molar-refractivity contribution < 1.29 is 13.2 Å². The zero-order chi connectivity index (χ0) is 9.30. The number of aromatic amines is 1. The van der Waals surface area contributed by atoms with Crippen molar-refractivity contribution >= 4 is 15.9 Å². The molecule has 0 aliphatic carbocycles. The van der Waals surface area contributed by atoms with E-state index < -0.39 is 23.2 Å². The molecular formula is C6H3BrF3NO. The molecule has 1 aromatic rings. The van der Waals surface area contributed by atoms with Gasteiger partial charge in [-0.15, -0.1) is 0 Å². The Morgan fingerprint density at radius 1 is 1.50 bits per heavy atom. The molecule has 0 spiro atoms. The summed E-state index contributed by atoms with van der Waals surface area (Å²) in [5.74, 6) is -1.21. The number of nitrogens with one attached hydrogen (secondary N) is 1. The smallest absolute Gasteiger partial charge is 0.270 e. The lowest BCUT2D eigenvalue weighted by Gasteiger charge is -2.00. The molecule has 66 valence electrons. The molecule has 1 N–H and O–H groups in total. The molecule has 0 unspecified atom stereocenters. The van der Waals surface area contributed by atoms with Crippen LogP contribution in [0.4, 0.5) is 13.2 Å². The lowest BCUT2D eigenvalue weighted by molar-refractivity contribution is 0.148. The molecule has 12 heavy (non-hydrogen) atoms. The van der Waals surface area contributed by atoms with Crippen LogP contribution in [-0.4, -0.2) is 4.98 Å². The zero-order valence-corrected chi connectivity index (χ0v) is 7.16. The first-order chi connectivity index (χ1) is 5.54. The molecule has 1 rings (SSSR count). The summed E-state index contributed by atoms with van der Waals surface area (Å²) in [6.45, 7) is 0. The van der Waals surface area contributed by atoms with E-state index in [1.807, 2.05) is 0 Å². The van der Waals surface area contributed by atoms with E-state index in [1.54, 1.807) is 0 Å². The van der Waals surface area contributed by atoms with Gasteiger partial charge in [0.25, 0.3) is 6.43 Å². The molecular weight excluding hydrogens is 239 g/mol. The Kier molecular flexibility index (Phi) is 2.56. The van der Waals surface area contributed by atoms with Gasteiger partial charge in [0, 0.05) is 6.20 Å². The van der Waals surface area contributed by atoms with Crippen LogP contribution in [0.15, 0.2) is 15.6 Å². The summed E-state index contributed by atoms with van der Waals surface area (Å²) in [6.07, 6.45) is -2.27. The average Bonchev–Trinajstić information content (AvgIpc) is 1.97. The molecule has 1 heterocycles. The standard InChI is InChI=1S/C6H3BrF3NO/c7-5-3(6(9)10)4(12)2(8)1-11-5/h1,6H,(H,11,12). The predicted molar refractivity (Wildman–Crippen MR) is 39.7 cm³/mol. The van der Waals surface area contributed by atoms with Gasteiger partial charge in [-0.05, 0) is 15.9 Å². The van der Waals surface area contributed by atoms with Crippen molar-refractivity contribution in [3.05, 3.63) is 32.4 Å². The Hall–Kier alpha value is -0.780. The second-order valence-corrected chi connectivity index (χ2v) is 2.79. The molecule has 0 atom stereocenters. The summed E-state index contributed by atoms with van der Waals surface area (Å²) in [6, 6.07) is 0. The van der Waals surface area contributed by atoms with Crippen molar-refractivity contribution in [1.82, 2.24) is 4.98 Å². The summed E-state index contributed by atoms with van der Waals surface area (Å²) in [7, 11) is 0. The highest BCUT2D eigenvalue weighted by atomic mass is 79.9. The van der Waals surface area contributed by atoms with Gasteiger partial charge in [0.2, 0.25) is 5.43 Å². The lowest BCUT2D eigenvalue weighted by Crippen LogP contribution is -2.14. The minimum Gasteiger partial charge on any atom is -0.353 e. The molecule has 0 amide bonds. The number of pyridine rings is 1. The van der Waals surface area contributed by atoms with Crippen LogP contribution >= 0.6 is 15.9 Å². The molecule has 0 aromatic carbocycles. The van der Waals surface area contributed by atoms with Crippen LogP contribution in [0.25, 0.3) is 0 Å². The van der Waals surface area contributed by atoms with Gasteiger partial charge in [-0.3, -0.25) is 4.79 Å². The highest BCUT2D eigenvalue weighted by Crippen LogP contribution is 2.21. The van der Waals surface area contributed by atoms with Gasteiger partial charge in [0.15, 0.2) is 5.82 Å². The first kappa shape index (κ1) is 9.31. The maximum atomic E-state index is 12.4. The molecule has 0 aliphatic rings. The molecule has 0 aliphatic heterocycles. The molecule has 0 bridgehead atoms. The maximum Gasteiger partial charge on any atom is 0.270 e. The Balaban J connectivity index is 3.44. The number of hydrogen-bond acceptors (Lipinski definition) is 1. The van der Waals surface area contributed by atoms with E-state index in [0.717, 1.165) is 6.20 Å². The van der Waals surface area contributed by atoms with Crippen molar-refractivity contribution in [3.63, 3.8) is 0 Å². The van der Waals surface area contributed by atoms with Crippen molar-refractivity contribution in [3.8, 4) is 0 Å². The van der Waals surface area contributed by atoms with Crippen molar-refractivity contribution in [2.75, 3.05) is 0 Å². The average molecular weight is 242 g/mol. The van der Waals surface area contributed by atoms with Crippen molar-refractivity contribution in [1.29, 1.82) is 0 Å². The quantitative estimate of drug-likeness (QED) is 0.752. The fraction of sp³-hybridized carbons (Fsp3) is 0.167. The van der Waals surface area contributed by atoms with Gasteiger partial charge >= 0.3 is 0 Å². The Labute approximate surface area is 73.5 Å². The van der Waals surface area contributed by atoms with E-state index in [4.69, 9.17) is 0 Å². The van der Waals surface area contributed by atoms with Gasteiger partial charge in [-0.1, -0.05) is 0 Å². The molecule has 2 nitrogen and oxygen atoms in total. The van der Waals surface area contributed by atoms with Crippen molar-refractivity contribution in [2.24, 2.45) is 0 Å². The van der Waals surface area contributed by atoms with Gasteiger partial charge in [-0.2, -0.15) is 0 Å². The molecule has 1 aromatic heterocycles. The summed E-state index contributed by atoms with van der Waals surface area (Å²) in [5, 5.41) is 0. The van der Waals surface area contributed by atoms with E-state index >= 15 is 0 Å². The summed E-state index contributed by atoms with van der Waals surface area (Å²) in [4.78, 5) is 12.9. The van der Waals surface area contributed by atoms with E-state index in [-0.39, 0.29) is 4.60 Å². The minimum absolute atomic E-state index is 0.191. The second-order valence-electron chi connectivity index (χ2n) is 1.99. The van der Waals surface area contributed by atoms with Crippen LogP contribution in [0, 0.1) is 5.82 Å². The monoisotopic (exact) mass is 241 g/mol. The van der Waals surface area contributed by atoms with Crippen LogP contribution in [0.5, 0.6) is 0 Å². The fourth-order valence-electron chi connectivity index (χ4n) is 0.693. The van der Waals surface area contributed by atoms with E-state index in [2.05, 4.69) is 20.9 Å². The van der Waals surface area contributed by atoms with Crippen LogP contribution < -0.4 is 5.43 Å². The van der Waals surface area contributed by atoms with E-state index in [0.29, 0.717) is 0 Å². The third kappa shape index (κ3) is 1.52. The van der Waals surface area contributed by atoms with Gasteiger partial charge in [0.05, 0.1) is 10.2 Å². The molecule has 6 heteroatoms. The van der Waals surface area contributed by atoms with Gasteiger partial charge in [-0.25, -0.2) is 13.2 Å². The van der Waals surface area contributed by atoms with Crippen LogP contribution in [0.3, 0.4) is 0 Å². The Morgan fingerprint density at radius 3 is 2.50 bits per heavy atom. The first-order valence-electron chi connectivity index (χ1n) is 2.88. The number of H-pyrrole nitrogens is 1. The molecule has 0 radical (unpaired) electrons. The SMILES string of the molecule is O=c1c(F)c[nH]c(Br)c1C(F)F. The topological polar surface area (TPSA) is 32.9 Å². The Morgan fingerprint density at radius 2 is 2.08 bits per heavy atom. The fourth-order valence-corrected chi connectivity index (χ4v) is 1.16. The number of aromatic nitrogens is 1. The maximum absolute atomic E-state index is 12.4. The summed E-state index contributed by atoms with van der Waals surface area (Å²) < 4.78 is 36.3. The van der Waals surface area contributed by atoms with Crippen LogP contribution in [-0.2, 0) is 0 Å². The van der Waals surface area contributed by atoms with Crippen molar-refractivity contribution in [2.45, 2.75) is 6.43 Å². The lowest BCUT2D eigenvalue weighted by atomic mass is 10.3. The summed E-state index contributed by atoms with van der Waals surface area (Å²) in [5.41, 5.74) is -2.16.